The highest BCUT2D eigenvalue weighted by Gasteiger charge is 2.32. The molecule has 0 radical (unpaired) electrons. The van der Waals surface area contributed by atoms with Crippen LogP contribution in [0.5, 0.6) is 0 Å². The molecule has 5 rings (SSSR count). The van der Waals surface area contributed by atoms with E-state index in [4.69, 9.17) is 0 Å². The van der Waals surface area contributed by atoms with Gasteiger partial charge in [-0.1, -0.05) is 12.1 Å². The lowest BCUT2D eigenvalue weighted by molar-refractivity contribution is 0.0700. The SMILES string of the molecule is O=C(c1cccc2[nH]ccc12)N1CCN(S(=O)(=O)c2cccc3nsnc23)CC1. The third-order valence-electron chi connectivity index (χ3n) is 5.22. The third kappa shape index (κ3) is 3.00. The molecule has 0 aliphatic carbocycles. The second-order valence-corrected chi connectivity index (χ2v) is 9.26. The van der Waals surface area contributed by atoms with E-state index in [1.165, 1.54) is 4.31 Å². The Hall–Kier alpha value is -2.82. The van der Waals surface area contributed by atoms with Gasteiger partial charge in [-0.25, -0.2) is 8.42 Å². The predicted molar refractivity (Wildman–Crippen MR) is 110 cm³/mol. The summed E-state index contributed by atoms with van der Waals surface area (Å²) in [6, 6.07) is 12.4. The zero-order valence-corrected chi connectivity index (χ0v) is 16.9. The minimum absolute atomic E-state index is 0.0851. The molecule has 1 aliphatic rings. The number of aromatic amines is 1. The van der Waals surface area contributed by atoms with E-state index in [-0.39, 0.29) is 23.9 Å². The first-order valence-electron chi connectivity index (χ1n) is 9.12. The molecule has 1 aliphatic heterocycles. The molecule has 1 saturated heterocycles. The van der Waals surface area contributed by atoms with Crippen LogP contribution >= 0.6 is 11.7 Å². The molecule has 0 saturated carbocycles. The molecule has 0 bridgehead atoms. The second-order valence-electron chi connectivity index (χ2n) is 6.83. The zero-order valence-electron chi connectivity index (χ0n) is 15.3. The summed E-state index contributed by atoms with van der Waals surface area (Å²) in [5, 5.41) is 0.871. The van der Waals surface area contributed by atoms with Crippen LogP contribution in [-0.2, 0) is 10.0 Å². The highest BCUT2D eigenvalue weighted by molar-refractivity contribution is 7.89. The van der Waals surface area contributed by atoms with Crippen molar-refractivity contribution in [2.45, 2.75) is 4.90 Å². The fourth-order valence-electron chi connectivity index (χ4n) is 3.70. The molecule has 0 spiro atoms. The lowest BCUT2D eigenvalue weighted by Crippen LogP contribution is -2.50. The number of hydrogen-bond donors (Lipinski definition) is 1. The number of H-pyrrole nitrogens is 1. The molecule has 148 valence electrons. The van der Waals surface area contributed by atoms with Gasteiger partial charge in [-0.15, -0.1) is 0 Å². The molecule has 4 aromatic rings. The van der Waals surface area contributed by atoms with Gasteiger partial charge < -0.3 is 9.88 Å². The van der Waals surface area contributed by atoms with Gasteiger partial charge in [0.25, 0.3) is 5.91 Å². The average molecular weight is 428 g/mol. The number of fused-ring (bicyclic) bond motifs is 2. The Morgan fingerprint density at radius 1 is 1.00 bits per heavy atom. The lowest BCUT2D eigenvalue weighted by Gasteiger charge is -2.34. The number of carbonyl (C=O) groups is 1. The van der Waals surface area contributed by atoms with Gasteiger partial charge in [-0.3, -0.25) is 4.79 Å². The van der Waals surface area contributed by atoms with E-state index < -0.39 is 10.0 Å². The largest absolute Gasteiger partial charge is 0.361 e. The standard InChI is InChI=1S/C19H17N5O3S2/c25-19(14-3-1-4-15-13(14)7-8-20-15)23-9-11-24(12-10-23)29(26,27)17-6-2-5-16-18(17)22-28-21-16/h1-8,20H,9-12H2. The smallest absolute Gasteiger partial charge is 0.254 e. The Balaban J connectivity index is 1.37. The molecular weight excluding hydrogens is 410 g/mol. The van der Waals surface area contributed by atoms with Crippen LogP contribution in [0.4, 0.5) is 0 Å². The van der Waals surface area contributed by atoms with Gasteiger partial charge in [-0.2, -0.15) is 13.1 Å². The fraction of sp³-hybridized carbons (Fsp3) is 0.211. The molecule has 1 fully saturated rings. The summed E-state index contributed by atoms with van der Waals surface area (Å²) < 4.78 is 36.0. The molecule has 3 heterocycles. The Labute approximate surface area is 171 Å². The van der Waals surface area contributed by atoms with E-state index in [0.29, 0.717) is 29.7 Å². The second kappa shape index (κ2) is 6.90. The van der Waals surface area contributed by atoms with Crippen LogP contribution in [0.3, 0.4) is 0 Å². The Morgan fingerprint density at radius 3 is 2.62 bits per heavy atom. The van der Waals surface area contributed by atoms with Gasteiger partial charge in [-0.05, 0) is 30.3 Å². The highest BCUT2D eigenvalue weighted by atomic mass is 32.2. The first-order valence-corrected chi connectivity index (χ1v) is 11.3. The van der Waals surface area contributed by atoms with Gasteiger partial charge in [0.15, 0.2) is 0 Å². The van der Waals surface area contributed by atoms with Crippen LogP contribution in [0.15, 0.2) is 53.6 Å². The minimum atomic E-state index is -3.70. The first-order chi connectivity index (χ1) is 14.1. The molecule has 0 atom stereocenters. The Kier molecular flexibility index (Phi) is 4.34. The van der Waals surface area contributed by atoms with Crippen LogP contribution in [0.2, 0.25) is 0 Å². The number of sulfonamides is 1. The number of nitrogens with one attached hydrogen (secondary N) is 1. The van der Waals surface area contributed by atoms with E-state index in [1.54, 1.807) is 35.4 Å². The number of aromatic nitrogens is 3. The van der Waals surface area contributed by atoms with Gasteiger partial charge in [0.1, 0.15) is 15.9 Å². The van der Waals surface area contributed by atoms with Gasteiger partial charge in [0, 0.05) is 48.8 Å². The van der Waals surface area contributed by atoms with Crippen LogP contribution in [0, 0.1) is 0 Å². The molecule has 29 heavy (non-hydrogen) atoms. The van der Waals surface area contributed by atoms with Crippen molar-refractivity contribution < 1.29 is 13.2 Å². The van der Waals surface area contributed by atoms with Crippen molar-refractivity contribution in [3.63, 3.8) is 0 Å². The number of benzene rings is 2. The molecule has 1 N–H and O–H groups in total. The molecule has 2 aromatic heterocycles. The van der Waals surface area contributed by atoms with Crippen LogP contribution in [0.25, 0.3) is 21.9 Å². The summed E-state index contributed by atoms with van der Waals surface area (Å²) in [7, 11) is -3.70. The lowest BCUT2D eigenvalue weighted by atomic mass is 10.1. The maximum absolute atomic E-state index is 13.1. The molecule has 8 nitrogen and oxygen atoms in total. The summed E-state index contributed by atoms with van der Waals surface area (Å²) in [5.41, 5.74) is 2.50. The summed E-state index contributed by atoms with van der Waals surface area (Å²) in [6.45, 7) is 1.16. The van der Waals surface area contributed by atoms with Crippen molar-refractivity contribution in [2.24, 2.45) is 0 Å². The molecular formula is C19H17N5O3S2. The summed E-state index contributed by atoms with van der Waals surface area (Å²) >= 11 is 0.995. The van der Waals surface area contributed by atoms with Crippen molar-refractivity contribution in [1.82, 2.24) is 22.9 Å². The van der Waals surface area contributed by atoms with Crippen molar-refractivity contribution in [3.05, 3.63) is 54.2 Å². The first kappa shape index (κ1) is 18.2. The van der Waals surface area contributed by atoms with E-state index in [1.807, 2.05) is 18.2 Å². The van der Waals surface area contributed by atoms with Gasteiger partial charge >= 0.3 is 0 Å². The normalized spacial score (nSPS) is 15.9. The molecule has 2 aromatic carbocycles. The topological polar surface area (TPSA) is 99.3 Å². The van der Waals surface area contributed by atoms with Crippen LogP contribution in [0.1, 0.15) is 10.4 Å². The summed E-state index contributed by atoms with van der Waals surface area (Å²) in [4.78, 5) is 18.0. The van der Waals surface area contributed by atoms with E-state index in [0.717, 1.165) is 22.6 Å². The van der Waals surface area contributed by atoms with Crippen molar-refractivity contribution >= 4 is 49.6 Å². The Morgan fingerprint density at radius 2 is 1.79 bits per heavy atom. The molecule has 0 unspecified atom stereocenters. The van der Waals surface area contributed by atoms with Crippen LogP contribution in [-0.4, -0.2) is 63.4 Å². The van der Waals surface area contributed by atoms with Crippen molar-refractivity contribution in [3.8, 4) is 0 Å². The van der Waals surface area contributed by atoms with E-state index >= 15 is 0 Å². The van der Waals surface area contributed by atoms with Gasteiger partial charge in [0.05, 0.1) is 11.7 Å². The monoisotopic (exact) mass is 427 g/mol. The third-order valence-corrected chi connectivity index (χ3v) is 7.69. The highest BCUT2D eigenvalue weighted by Crippen LogP contribution is 2.26. The quantitative estimate of drug-likeness (QED) is 0.541. The number of hydrogen-bond acceptors (Lipinski definition) is 6. The molecule has 1 amide bonds. The van der Waals surface area contributed by atoms with Crippen molar-refractivity contribution in [2.75, 3.05) is 26.2 Å². The van der Waals surface area contributed by atoms with Gasteiger partial charge in [0.2, 0.25) is 10.0 Å². The maximum Gasteiger partial charge on any atom is 0.254 e. The minimum Gasteiger partial charge on any atom is -0.361 e. The van der Waals surface area contributed by atoms with E-state index in [2.05, 4.69) is 13.7 Å². The fourth-order valence-corrected chi connectivity index (χ4v) is 5.88. The van der Waals surface area contributed by atoms with E-state index in [9.17, 15) is 13.2 Å². The number of amides is 1. The maximum atomic E-state index is 13.1. The average Bonchev–Trinajstić information content (AvgIpc) is 3.42. The number of carbonyl (C=O) groups excluding carboxylic acids is 1. The predicted octanol–water partition coefficient (Wildman–Crippen LogP) is 2.32. The van der Waals surface area contributed by atoms with Crippen molar-refractivity contribution in [1.29, 1.82) is 0 Å². The number of piperazine rings is 1. The zero-order chi connectivity index (χ0) is 20.0. The summed E-state index contributed by atoms with van der Waals surface area (Å²) in [6.07, 6.45) is 1.81. The number of nitrogens with zero attached hydrogens (tertiary/aromatic N) is 4. The Bertz CT molecular complexity index is 1320. The van der Waals surface area contributed by atoms with Crippen LogP contribution < -0.4 is 0 Å². The number of rotatable bonds is 3. The summed E-state index contributed by atoms with van der Waals surface area (Å²) in [5.74, 6) is -0.0851. The molecule has 10 heteroatoms.